The number of rotatable bonds is 3. The summed E-state index contributed by atoms with van der Waals surface area (Å²) in [6.45, 7) is 3.18. The van der Waals surface area contributed by atoms with Crippen LogP contribution in [0, 0.1) is 11.8 Å². The smallest absolute Gasteiger partial charge is 0.142 e. The first-order chi connectivity index (χ1) is 12.4. The fraction of sp³-hybridized carbons (Fsp3) is 0.136. The molecule has 2 aromatic heterocycles. The van der Waals surface area contributed by atoms with Crippen molar-refractivity contribution in [2.75, 3.05) is 6.61 Å². The summed E-state index contributed by atoms with van der Waals surface area (Å²) in [5, 5.41) is 2.28. The van der Waals surface area contributed by atoms with E-state index in [4.69, 9.17) is 4.74 Å². The van der Waals surface area contributed by atoms with Gasteiger partial charge in [0, 0.05) is 34.7 Å². The molecule has 122 valence electrons. The topological polar surface area (TPSA) is 27.1 Å². The molecule has 25 heavy (non-hydrogen) atoms. The second-order valence-corrected chi connectivity index (χ2v) is 5.78. The fourth-order valence-corrected chi connectivity index (χ4v) is 2.97. The van der Waals surface area contributed by atoms with E-state index in [0.29, 0.717) is 13.3 Å². The van der Waals surface area contributed by atoms with Gasteiger partial charge in [0.25, 0.3) is 0 Å². The maximum atomic E-state index is 5.62. The number of hydrogen-bond acceptors (Lipinski definition) is 2. The third kappa shape index (κ3) is 3.00. The van der Waals surface area contributed by atoms with Crippen LogP contribution in [0.4, 0.5) is 0 Å². The Kier molecular flexibility index (Phi) is 4.20. The average molecular weight is 326 g/mol. The summed E-state index contributed by atoms with van der Waals surface area (Å²) in [6, 6.07) is 20.4. The molecule has 3 nitrogen and oxygen atoms in total. The lowest BCUT2D eigenvalue weighted by atomic mass is 10.1. The van der Waals surface area contributed by atoms with E-state index < -0.39 is 0 Å². The van der Waals surface area contributed by atoms with Crippen LogP contribution >= 0.6 is 0 Å². The molecule has 0 fully saturated rings. The molecular formula is C22H18N2O. The minimum Gasteiger partial charge on any atom is -0.361 e. The van der Waals surface area contributed by atoms with Gasteiger partial charge in [0.05, 0.1) is 5.52 Å². The largest absolute Gasteiger partial charge is 0.361 e. The Hall–Kier alpha value is -3.09. The van der Waals surface area contributed by atoms with Gasteiger partial charge in [-0.2, -0.15) is 0 Å². The predicted molar refractivity (Wildman–Crippen MR) is 101 cm³/mol. The summed E-state index contributed by atoms with van der Waals surface area (Å²) in [4.78, 5) is 4.66. The molecule has 0 bridgehead atoms. The lowest BCUT2D eigenvalue weighted by Crippen LogP contribution is -2.02. The van der Waals surface area contributed by atoms with Crippen molar-refractivity contribution in [2.45, 2.75) is 13.7 Å². The van der Waals surface area contributed by atoms with E-state index in [1.807, 2.05) is 49.5 Å². The van der Waals surface area contributed by atoms with E-state index in [1.165, 1.54) is 5.39 Å². The second kappa shape index (κ2) is 6.80. The monoisotopic (exact) mass is 326 g/mol. The molecule has 2 heterocycles. The molecule has 0 aliphatic heterocycles. The Morgan fingerprint density at radius 1 is 0.920 bits per heavy atom. The summed E-state index contributed by atoms with van der Waals surface area (Å²) >= 11 is 0. The first-order valence-electron chi connectivity index (χ1n) is 8.38. The number of para-hydroxylation sites is 1. The molecule has 0 aliphatic rings. The maximum absolute atomic E-state index is 5.62. The van der Waals surface area contributed by atoms with Gasteiger partial charge in [0.15, 0.2) is 0 Å². The minimum absolute atomic E-state index is 0.503. The van der Waals surface area contributed by atoms with E-state index in [-0.39, 0.29) is 0 Å². The molecule has 4 aromatic rings. The zero-order valence-electron chi connectivity index (χ0n) is 14.1. The van der Waals surface area contributed by atoms with E-state index in [9.17, 15) is 0 Å². The van der Waals surface area contributed by atoms with Crippen LogP contribution in [-0.2, 0) is 11.5 Å². The molecule has 4 rings (SSSR count). The van der Waals surface area contributed by atoms with E-state index in [0.717, 1.165) is 27.7 Å². The van der Waals surface area contributed by atoms with E-state index in [1.54, 1.807) is 0 Å². The summed E-state index contributed by atoms with van der Waals surface area (Å²) in [5.74, 6) is 6.41. The highest BCUT2D eigenvalue weighted by Gasteiger charge is 2.11. The molecule has 0 saturated carbocycles. The zero-order chi connectivity index (χ0) is 17.1. The lowest BCUT2D eigenvalue weighted by Gasteiger charge is -2.06. The SMILES string of the molecule is CCOCn1c2ccccc2c2cc(C#Cc3ccccc3)cnc21. The molecule has 3 heteroatoms. The zero-order valence-corrected chi connectivity index (χ0v) is 14.1. The van der Waals surface area contributed by atoms with Crippen molar-refractivity contribution < 1.29 is 4.74 Å². The normalized spacial score (nSPS) is 10.8. The van der Waals surface area contributed by atoms with Gasteiger partial charge < -0.3 is 9.30 Å². The molecule has 0 amide bonds. The molecule has 2 aromatic carbocycles. The molecular weight excluding hydrogens is 308 g/mol. The first kappa shape index (κ1) is 15.4. The maximum Gasteiger partial charge on any atom is 0.142 e. The van der Waals surface area contributed by atoms with Gasteiger partial charge in [-0.25, -0.2) is 4.98 Å². The molecule has 0 unspecified atom stereocenters. The standard InChI is InChI=1S/C22H18N2O/c1-2-25-16-24-21-11-7-6-10-19(21)20-14-18(15-23-22(20)24)13-12-17-8-4-3-5-9-17/h3-11,14-15H,2,16H2,1H3. The summed E-state index contributed by atoms with van der Waals surface area (Å²) < 4.78 is 7.74. The van der Waals surface area contributed by atoms with E-state index in [2.05, 4.69) is 45.7 Å². The Morgan fingerprint density at radius 3 is 2.52 bits per heavy atom. The number of nitrogens with zero attached hydrogens (tertiary/aromatic N) is 2. The van der Waals surface area contributed by atoms with Crippen LogP contribution < -0.4 is 0 Å². The Morgan fingerprint density at radius 2 is 1.68 bits per heavy atom. The van der Waals surface area contributed by atoms with Gasteiger partial charge in [0.1, 0.15) is 12.4 Å². The number of ether oxygens (including phenoxy) is 1. The average Bonchev–Trinajstić information content (AvgIpc) is 2.99. The third-order valence-electron chi connectivity index (χ3n) is 4.16. The second-order valence-electron chi connectivity index (χ2n) is 5.78. The van der Waals surface area contributed by atoms with Crippen LogP contribution in [0.5, 0.6) is 0 Å². The number of hydrogen-bond donors (Lipinski definition) is 0. The van der Waals surface area contributed by atoms with Crippen LogP contribution in [-0.4, -0.2) is 16.2 Å². The lowest BCUT2D eigenvalue weighted by molar-refractivity contribution is 0.0932. The number of fused-ring (bicyclic) bond motifs is 3. The summed E-state index contributed by atoms with van der Waals surface area (Å²) in [5.41, 5.74) is 3.98. The Bertz CT molecular complexity index is 1080. The molecule has 0 atom stereocenters. The predicted octanol–water partition coefficient (Wildman–Crippen LogP) is 4.58. The van der Waals surface area contributed by atoms with Crippen molar-refractivity contribution >= 4 is 21.9 Å². The number of aromatic nitrogens is 2. The molecule has 0 N–H and O–H groups in total. The van der Waals surface area contributed by atoms with E-state index >= 15 is 0 Å². The molecule has 0 radical (unpaired) electrons. The third-order valence-corrected chi connectivity index (χ3v) is 4.16. The van der Waals surface area contributed by atoms with Gasteiger partial charge in [-0.3, -0.25) is 0 Å². The van der Waals surface area contributed by atoms with Crippen LogP contribution in [0.1, 0.15) is 18.1 Å². The van der Waals surface area contributed by atoms with Crippen molar-refractivity contribution in [3.8, 4) is 11.8 Å². The number of benzene rings is 2. The van der Waals surface area contributed by atoms with Crippen molar-refractivity contribution in [1.29, 1.82) is 0 Å². The van der Waals surface area contributed by atoms with Crippen molar-refractivity contribution in [3.63, 3.8) is 0 Å². The van der Waals surface area contributed by atoms with Gasteiger partial charge >= 0.3 is 0 Å². The Labute approximate surface area is 146 Å². The van der Waals surface area contributed by atoms with Gasteiger partial charge in [-0.15, -0.1) is 0 Å². The van der Waals surface area contributed by atoms with Crippen molar-refractivity contribution in [2.24, 2.45) is 0 Å². The highest BCUT2D eigenvalue weighted by atomic mass is 16.5. The highest BCUT2D eigenvalue weighted by Crippen LogP contribution is 2.28. The summed E-state index contributed by atoms with van der Waals surface area (Å²) in [6.07, 6.45) is 1.83. The van der Waals surface area contributed by atoms with Gasteiger partial charge in [0.2, 0.25) is 0 Å². The minimum atomic E-state index is 0.503. The van der Waals surface area contributed by atoms with Crippen LogP contribution in [0.3, 0.4) is 0 Å². The fourth-order valence-electron chi connectivity index (χ4n) is 2.97. The molecule has 0 aliphatic carbocycles. The highest BCUT2D eigenvalue weighted by molar-refractivity contribution is 6.06. The number of pyridine rings is 1. The van der Waals surface area contributed by atoms with Crippen molar-refractivity contribution in [3.05, 3.63) is 78.0 Å². The molecule has 0 spiro atoms. The molecule has 0 saturated heterocycles. The van der Waals surface area contributed by atoms with Crippen LogP contribution in [0.2, 0.25) is 0 Å². The van der Waals surface area contributed by atoms with Crippen molar-refractivity contribution in [1.82, 2.24) is 9.55 Å². The quantitative estimate of drug-likeness (QED) is 0.515. The first-order valence-corrected chi connectivity index (χ1v) is 8.38. The van der Waals surface area contributed by atoms with Gasteiger partial charge in [-0.05, 0) is 31.2 Å². The van der Waals surface area contributed by atoms with Crippen LogP contribution in [0.15, 0.2) is 66.9 Å². The van der Waals surface area contributed by atoms with Crippen LogP contribution in [0.25, 0.3) is 21.9 Å². The Balaban J connectivity index is 1.83. The van der Waals surface area contributed by atoms with Gasteiger partial charge in [-0.1, -0.05) is 48.2 Å². The summed E-state index contributed by atoms with van der Waals surface area (Å²) in [7, 11) is 0.